The van der Waals surface area contributed by atoms with Crippen molar-refractivity contribution < 1.29 is 9.53 Å². The smallest absolute Gasteiger partial charge is 0.339 e. The molecule has 0 saturated heterocycles. The Balaban J connectivity index is 1.56. The van der Waals surface area contributed by atoms with Gasteiger partial charge in [-0.1, -0.05) is 40.9 Å². The van der Waals surface area contributed by atoms with E-state index in [0.717, 1.165) is 16.8 Å². The van der Waals surface area contributed by atoms with Crippen molar-refractivity contribution in [3.05, 3.63) is 86.9 Å². The van der Waals surface area contributed by atoms with Crippen molar-refractivity contribution in [1.82, 2.24) is 5.43 Å². The van der Waals surface area contributed by atoms with E-state index < -0.39 is 6.03 Å². The Morgan fingerprint density at radius 1 is 1.03 bits per heavy atom. The Bertz CT molecular complexity index is 1180. The van der Waals surface area contributed by atoms with Gasteiger partial charge in [0.25, 0.3) is 0 Å². The molecule has 3 aromatic rings. The minimum Gasteiger partial charge on any atom is -0.497 e. The molecule has 1 aliphatic heterocycles. The number of ether oxygens (including phenoxy) is 1. The zero-order chi connectivity index (χ0) is 22.7. The topological polar surface area (TPSA) is 74.8 Å². The fourth-order valence-corrected chi connectivity index (χ4v) is 4.16. The molecule has 1 atom stereocenters. The van der Waals surface area contributed by atoms with E-state index in [-0.39, 0.29) is 6.04 Å². The van der Waals surface area contributed by atoms with E-state index in [9.17, 15) is 4.79 Å². The maximum absolute atomic E-state index is 12.4. The number of hydrogen-bond acceptors (Lipinski definition) is 4. The van der Waals surface area contributed by atoms with Crippen LogP contribution < -0.4 is 20.8 Å². The number of fused-ring (bicyclic) bond motifs is 1. The molecule has 0 spiro atoms. The second kappa shape index (κ2) is 9.69. The Labute approximate surface area is 200 Å². The second-order valence-corrected chi connectivity index (χ2v) is 8.39. The van der Waals surface area contributed by atoms with Crippen LogP contribution in [0.2, 0.25) is 15.1 Å². The van der Waals surface area contributed by atoms with Crippen LogP contribution in [0.5, 0.6) is 5.75 Å². The lowest BCUT2D eigenvalue weighted by Gasteiger charge is -2.29. The van der Waals surface area contributed by atoms with Gasteiger partial charge >= 0.3 is 6.03 Å². The van der Waals surface area contributed by atoms with Crippen molar-refractivity contribution in [2.24, 2.45) is 5.10 Å². The molecule has 0 aromatic heterocycles. The maximum atomic E-state index is 12.4. The van der Waals surface area contributed by atoms with Crippen LogP contribution in [0.4, 0.5) is 16.2 Å². The molecule has 32 heavy (non-hydrogen) atoms. The van der Waals surface area contributed by atoms with Gasteiger partial charge in [-0.2, -0.15) is 5.10 Å². The summed E-state index contributed by atoms with van der Waals surface area (Å²) in [7, 11) is 1.58. The van der Waals surface area contributed by atoms with Gasteiger partial charge in [-0.05, 0) is 60.2 Å². The Kier molecular flexibility index (Phi) is 6.74. The van der Waals surface area contributed by atoms with Crippen LogP contribution >= 0.6 is 34.8 Å². The number of halogens is 3. The van der Waals surface area contributed by atoms with E-state index >= 15 is 0 Å². The average molecular weight is 490 g/mol. The van der Waals surface area contributed by atoms with Crippen molar-refractivity contribution in [2.75, 3.05) is 17.7 Å². The summed E-state index contributed by atoms with van der Waals surface area (Å²) < 4.78 is 5.12. The number of amides is 2. The molecule has 0 fully saturated rings. The summed E-state index contributed by atoms with van der Waals surface area (Å²) in [6.45, 7) is 0. The first kappa shape index (κ1) is 22.3. The second-order valence-electron chi connectivity index (χ2n) is 7.11. The summed E-state index contributed by atoms with van der Waals surface area (Å²) in [5, 5.41) is 12.3. The number of urea groups is 1. The first-order chi connectivity index (χ1) is 15.4. The van der Waals surface area contributed by atoms with Crippen LogP contribution in [0.15, 0.2) is 65.8 Å². The number of methoxy groups -OCH3 is 1. The molecule has 1 unspecified atom stereocenters. The van der Waals surface area contributed by atoms with Crippen LogP contribution in [-0.2, 0) is 0 Å². The standard InChI is InChI=1S/C23H19Cl3N4O2/c1-32-16-6-4-15(5-7-16)27-23(31)30-29-22-12-21(17-8-2-14(25)11-19(17)26)28-20-9-3-13(24)10-18(20)22/h2-11,21,28H,12H2,1H3,(H2,27,30,31). The number of benzene rings is 3. The summed E-state index contributed by atoms with van der Waals surface area (Å²) in [5.74, 6) is 0.700. The van der Waals surface area contributed by atoms with Crippen molar-refractivity contribution in [1.29, 1.82) is 0 Å². The Morgan fingerprint density at radius 2 is 1.75 bits per heavy atom. The van der Waals surface area contributed by atoms with Crippen molar-refractivity contribution in [2.45, 2.75) is 12.5 Å². The van der Waals surface area contributed by atoms with E-state index in [4.69, 9.17) is 39.5 Å². The monoisotopic (exact) mass is 488 g/mol. The van der Waals surface area contributed by atoms with Gasteiger partial charge in [-0.25, -0.2) is 10.2 Å². The van der Waals surface area contributed by atoms with Gasteiger partial charge in [-0.15, -0.1) is 0 Å². The van der Waals surface area contributed by atoms with E-state index in [0.29, 0.717) is 38.6 Å². The van der Waals surface area contributed by atoms with Crippen LogP contribution in [0.25, 0.3) is 0 Å². The molecule has 3 aromatic carbocycles. The van der Waals surface area contributed by atoms with E-state index in [1.807, 2.05) is 18.2 Å². The number of carbonyl (C=O) groups excluding carboxylic acids is 1. The van der Waals surface area contributed by atoms with Crippen LogP contribution in [0.3, 0.4) is 0 Å². The Morgan fingerprint density at radius 3 is 2.47 bits per heavy atom. The molecule has 1 heterocycles. The maximum Gasteiger partial charge on any atom is 0.339 e. The van der Waals surface area contributed by atoms with Gasteiger partial charge in [0.15, 0.2) is 0 Å². The van der Waals surface area contributed by atoms with Crippen LogP contribution in [0.1, 0.15) is 23.6 Å². The number of hydrazone groups is 1. The lowest BCUT2D eigenvalue weighted by molar-refractivity contribution is 0.252. The van der Waals surface area contributed by atoms with Gasteiger partial charge < -0.3 is 15.4 Å². The number of carbonyl (C=O) groups is 1. The van der Waals surface area contributed by atoms with Gasteiger partial charge in [0.1, 0.15) is 5.75 Å². The third kappa shape index (κ3) is 5.10. The first-order valence-electron chi connectivity index (χ1n) is 9.72. The number of anilines is 2. The molecule has 0 radical (unpaired) electrons. The molecule has 3 N–H and O–H groups in total. The molecular formula is C23H19Cl3N4O2. The zero-order valence-corrected chi connectivity index (χ0v) is 19.2. The van der Waals surface area contributed by atoms with E-state index in [1.54, 1.807) is 49.6 Å². The van der Waals surface area contributed by atoms with Crippen LogP contribution in [-0.4, -0.2) is 18.9 Å². The number of nitrogens with one attached hydrogen (secondary N) is 3. The summed E-state index contributed by atoms with van der Waals surface area (Å²) in [6.07, 6.45) is 0.484. The summed E-state index contributed by atoms with van der Waals surface area (Å²) in [5.41, 5.74) is 6.38. The molecule has 1 aliphatic rings. The fourth-order valence-electron chi connectivity index (χ4n) is 3.45. The normalized spacial score (nSPS) is 16.1. The van der Waals surface area contributed by atoms with Crippen LogP contribution in [0, 0.1) is 0 Å². The van der Waals surface area contributed by atoms with Gasteiger partial charge in [-0.3, -0.25) is 0 Å². The first-order valence-corrected chi connectivity index (χ1v) is 10.9. The lowest BCUT2D eigenvalue weighted by Crippen LogP contribution is -2.29. The predicted molar refractivity (Wildman–Crippen MR) is 131 cm³/mol. The highest BCUT2D eigenvalue weighted by Crippen LogP contribution is 2.37. The quantitative estimate of drug-likeness (QED) is 0.355. The van der Waals surface area contributed by atoms with Crippen molar-refractivity contribution in [3.8, 4) is 5.75 Å². The van der Waals surface area contributed by atoms with E-state index in [1.165, 1.54) is 0 Å². The highest BCUT2D eigenvalue weighted by atomic mass is 35.5. The van der Waals surface area contributed by atoms with Gasteiger partial charge in [0.2, 0.25) is 0 Å². The number of nitrogens with zero attached hydrogens (tertiary/aromatic N) is 1. The minimum absolute atomic E-state index is 0.154. The molecular weight excluding hydrogens is 471 g/mol. The summed E-state index contributed by atoms with van der Waals surface area (Å²) in [6, 6.07) is 17.2. The third-order valence-corrected chi connectivity index (χ3v) is 5.80. The van der Waals surface area contributed by atoms with Crippen molar-refractivity contribution >= 4 is 57.9 Å². The third-order valence-electron chi connectivity index (χ3n) is 5.00. The van der Waals surface area contributed by atoms with E-state index in [2.05, 4.69) is 21.2 Å². The summed E-state index contributed by atoms with van der Waals surface area (Å²) in [4.78, 5) is 12.4. The summed E-state index contributed by atoms with van der Waals surface area (Å²) >= 11 is 18.7. The molecule has 2 amide bonds. The minimum atomic E-state index is -0.467. The molecule has 0 saturated carbocycles. The molecule has 0 aliphatic carbocycles. The van der Waals surface area contributed by atoms with Crippen molar-refractivity contribution in [3.63, 3.8) is 0 Å². The molecule has 164 valence electrons. The average Bonchev–Trinajstić information content (AvgIpc) is 2.78. The Hall–Kier alpha value is -2.93. The molecule has 0 bridgehead atoms. The highest BCUT2D eigenvalue weighted by molar-refractivity contribution is 6.35. The molecule has 6 nitrogen and oxygen atoms in total. The van der Waals surface area contributed by atoms with Gasteiger partial charge in [0, 0.05) is 38.4 Å². The zero-order valence-electron chi connectivity index (χ0n) is 17.0. The largest absolute Gasteiger partial charge is 0.497 e. The SMILES string of the molecule is COc1ccc(NC(=O)NN=C2CC(c3ccc(Cl)cc3Cl)Nc3ccc(Cl)cc32)cc1. The lowest BCUT2D eigenvalue weighted by atomic mass is 9.92. The number of hydrogen-bond donors (Lipinski definition) is 3. The highest BCUT2D eigenvalue weighted by Gasteiger charge is 2.26. The molecule has 9 heteroatoms. The number of rotatable bonds is 4. The fraction of sp³-hybridized carbons (Fsp3) is 0.130. The predicted octanol–water partition coefficient (Wildman–Crippen LogP) is 6.74. The molecule has 4 rings (SSSR count). The van der Waals surface area contributed by atoms with Gasteiger partial charge in [0.05, 0.1) is 18.9 Å².